The summed E-state index contributed by atoms with van der Waals surface area (Å²) in [7, 11) is 0. The lowest BCUT2D eigenvalue weighted by Crippen LogP contribution is -2.32. The van der Waals surface area contributed by atoms with Crippen LogP contribution >= 0.6 is 12.2 Å². The number of aromatic amines is 1. The van der Waals surface area contributed by atoms with Crippen LogP contribution in [0.1, 0.15) is 69.3 Å². The lowest BCUT2D eigenvalue weighted by molar-refractivity contribution is -0.0762. The van der Waals surface area contributed by atoms with E-state index in [2.05, 4.69) is 16.9 Å². The summed E-state index contributed by atoms with van der Waals surface area (Å²) >= 11 is 5.35. The maximum absolute atomic E-state index is 5.98. The molecule has 0 bridgehead atoms. The van der Waals surface area contributed by atoms with E-state index in [1.165, 1.54) is 37.8 Å². The zero-order valence-corrected chi connectivity index (χ0v) is 12.4. The number of H-pyrrole nitrogens is 1. The topological polar surface area (TPSA) is 37.9 Å². The third-order valence-electron chi connectivity index (χ3n) is 4.53. The summed E-state index contributed by atoms with van der Waals surface area (Å²) < 4.78 is 6.68. The van der Waals surface area contributed by atoms with E-state index in [-0.39, 0.29) is 5.60 Å². The molecule has 3 rings (SSSR count). The van der Waals surface area contributed by atoms with E-state index < -0.39 is 0 Å². The molecule has 1 aliphatic carbocycles. The van der Waals surface area contributed by atoms with Gasteiger partial charge in [0, 0.05) is 12.3 Å². The van der Waals surface area contributed by atoms with E-state index in [1.54, 1.807) is 0 Å². The van der Waals surface area contributed by atoms with Crippen LogP contribution in [-0.2, 0) is 10.3 Å². The molecule has 1 aliphatic heterocycles. The lowest BCUT2D eigenvalue weighted by atomic mass is 9.94. The van der Waals surface area contributed by atoms with Crippen molar-refractivity contribution in [2.45, 2.75) is 63.4 Å². The molecule has 2 heterocycles. The minimum atomic E-state index is -0.277. The van der Waals surface area contributed by atoms with E-state index in [1.807, 2.05) is 6.07 Å². The number of rotatable bonds is 2. The highest BCUT2D eigenvalue weighted by Gasteiger charge is 2.33. The number of hydrogen-bond acceptors (Lipinski definition) is 3. The van der Waals surface area contributed by atoms with E-state index in [4.69, 9.17) is 17.0 Å². The monoisotopic (exact) mass is 278 g/mol. The van der Waals surface area contributed by atoms with Crippen molar-refractivity contribution < 1.29 is 4.74 Å². The van der Waals surface area contributed by atoms with Crippen molar-refractivity contribution in [1.82, 2.24) is 9.97 Å². The fourth-order valence-electron chi connectivity index (χ4n) is 3.30. The molecule has 1 N–H and O–H groups in total. The largest absolute Gasteiger partial charge is 0.367 e. The number of aromatic nitrogens is 2. The fourth-order valence-corrected chi connectivity index (χ4v) is 3.52. The maximum atomic E-state index is 5.98. The van der Waals surface area contributed by atoms with Crippen molar-refractivity contribution in [3.8, 4) is 0 Å². The van der Waals surface area contributed by atoms with Crippen molar-refractivity contribution in [3.63, 3.8) is 0 Å². The molecule has 1 saturated carbocycles. The second kappa shape index (κ2) is 5.33. The van der Waals surface area contributed by atoms with Gasteiger partial charge in [0.15, 0.2) is 0 Å². The molecule has 104 valence electrons. The van der Waals surface area contributed by atoms with Crippen molar-refractivity contribution in [3.05, 3.63) is 22.2 Å². The van der Waals surface area contributed by atoms with Crippen molar-refractivity contribution in [2.24, 2.45) is 0 Å². The molecule has 1 saturated heterocycles. The van der Waals surface area contributed by atoms with Crippen LogP contribution in [0, 0.1) is 4.64 Å². The van der Waals surface area contributed by atoms with Crippen LogP contribution in [0.4, 0.5) is 0 Å². The normalized spacial score (nSPS) is 28.7. The molecule has 0 radical (unpaired) electrons. The first-order valence-electron chi connectivity index (χ1n) is 7.43. The predicted octanol–water partition coefficient (Wildman–Crippen LogP) is 4.21. The fraction of sp³-hybridized carbons (Fsp3) is 0.733. The van der Waals surface area contributed by atoms with Crippen LogP contribution in [0.2, 0.25) is 0 Å². The maximum Gasteiger partial charge on any atom is 0.140 e. The number of nitrogens with one attached hydrogen (secondary N) is 1. The minimum Gasteiger partial charge on any atom is -0.367 e. The third kappa shape index (κ3) is 2.75. The van der Waals surface area contributed by atoms with Gasteiger partial charge >= 0.3 is 0 Å². The first-order chi connectivity index (χ1) is 9.17. The Labute approximate surface area is 119 Å². The molecule has 2 aliphatic rings. The van der Waals surface area contributed by atoms with Crippen molar-refractivity contribution >= 4 is 12.2 Å². The minimum absolute atomic E-state index is 0.277. The molecule has 19 heavy (non-hydrogen) atoms. The second-order valence-corrected chi connectivity index (χ2v) is 6.46. The van der Waals surface area contributed by atoms with Gasteiger partial charge in [0.1, 0.15) is 16.1 Å². The second-order valence-electron chi connectivity index (χ2n) is 6.04. The smallest absolute Gasteiger partial charge is 0.140 e. The Hall–Kier alpha value is -0.740. The number of ether oxygens (including phenoxy) is 1. The highest BCUT2D eigenvalue weighted by Crippen LogP contribution is 2.36. The quantitative estimate of drug-likeness (QED) is 0.823. The van der Waals surface area contributed by atoms with Crippen LogP contribution in [-0.4, -0.2) is 16.6 Å². The van der Waals surface area contributed by atoms with Crippen LogP contribution in [0.5, 0.6) is 0 Å². The molecule has 2 fully saturated rings. The lowest BCUT2D eigenvalue weighted by Gasteiger charge is -2.33. The molecule has 1 atom stereocenters. The van der Waals surface area contributed by atoms with Gasteiger partial charge in [-0.1, -0.05) is 25.1 Å². The first-order valence-corrected chi connectivity index (χ1v) is 7.84. The molecule has 0 aromatic carbocycles. The number of hydrogen-bond donors (Lipinski definition) is 1. The molecular weight excluding hydrogens is 256 g/mol. The average Bonchev–Trinajstić information content (AvgIpc) is 2.93. The summed E-state index contributed by atoms with van der Waals surface area (Å²) in [6.45, 7) is 2.96. The van der Waals surface area contributed by atoms with E-state index in [0.717, 1.165) is 25.3 Å². The zero-order chi connectivity index (χ0) is 13.3. The Morgan fingerprint density at radius 2 is 2.11 bits per heavy atom. The first kappa shape index (κ1) is 13.3. The van der Waals surface area contributed by atoms with Gasteiger partial charge in [-0.2, -0.15) is 0 Å². The van der Waals surface area contributed by atoms with E-state index >= 15 is 0 Å². The molecule has 1 aromatic rings. The summed E-state index contributed by atoms with van der Waals surface area (Å²) in [6, 6.07) is 2.04. The molecule has 3 nitrogen and oxygen atoms in total. The number of nitrogens with zero attached hydrogens (tertiary/aromatic N) is 1. The van der Waals surface area contributed by atoms with Gasteiger partial charge in [-0.15, -0.1) is 0 Å². The van der Waals surface area contributed by atoms with Crippen LogP contribution in [0.25, 0.3) is 0 Å². The van der Waals surface area contributed by atoms with Gasteiger partial charge in [0.25, 0.3) is 0 Å². The van der Waals surface area contributed by atoms with Gasteiger partial charge in [0.2, 0.25) is 0 Å². The molecule has 0 spiro atoms. The van der Waals surface area contributed by atoms with Crippen molar-refractivity contribution in [1.29, 1.82) is 0 Å². The standard InChI is InChI=1S/C15H22N2OS/c1-15(8-4-5-9-18-15)14-16-12(10-13(19)17-14)11-6-2-3-7-11/h10-11H,2-9H2,1H3,(H,16,17,19). The molecular formula is C15H22N2OS. The predicted molar refractivity (Wildman–Crippen MR) is 77.8 cm³/mol. The molecule has 1 aromatic heterocycles. The van der Waals surface area contributed by atoms with Gasteiger partial charge in [-0.05, 0) is 51.0 Å². The Morgan fingerprint density at radius 3 is 2.79 bits per heavy atom. The summed E-state index contributed by atoms with van der Waals surface area (Å²) in [5.74, 6) is 1.57. The Bertz CT molecular complexity index is 499. The molecule has 0 amide bonds. The Kier molecular flexibility index (Phi) is 3.72. The Morgan fingerprint density at radius 1 is 1.32 bits per heavy atom. The van der Waals surface area contributed by atoms with E-state index in [0.29, 0.717) is 10.6 Å². The highest BCUT2D eigenvalue weighted by atomic mass is 32.1. The SMILES string of the molecule is CC1(c2nc(=S)cc(C3CCCC3)[nH]2)CCCCO1. The van der Waals surface area contributed by atoms with Gasteiger partial charge in [-0.3, -0.25) is 0 Å². The Balaban J connectivity index is 1.94. The average molecular weight is 278 g/mol. The summed E-state index contributed by atoms with van der Waals surface area (Å²) in [5, 5.41) is 0. The van der Waals surface area contributed by atoms with Crippen molar-refractivity contribution in [2.75, 3.05) is 6.61 Å². The highest BCUT2D eigenvalue weighted by molar-refractivity contribution is 7.71. The molecule has 4 heteroatoms. The van der Waals surface area contributed by atoms with Crippen LogP contribution in [0.3, 0.4) is 0 Å². The van der Waals surface area contributed by atoms with Gasteiger partial charge in [0.05, 0.1) is 0 Å². The third-order valence-corrected chi connectivity index (χ3v) is 4.74. The van der Waals surface area contributed by atoms with E-state index in [9.17, 15) is 0 Å². The van der Waals surface area contributed by atoms with Gasteiger partial charge in [-0.25, -0.2) is 4.98 Å². The van der Waals surface area contributed by atoms with Crippen LogP contribution < -0.4 is 0 Å². The summed E-state index contributed by atoms with van der Waals surface area (Å²) in [6.07, 6.45) is 8.58. The van der Waals surface area contributed by atoms with Gasteiger partial charge < -0.3 is 9.72 Å². The molecule has 1 unspecified atom stereocenters. The summed E-state index contributed by atoms with van der Waals surface area (Å²) in [4.78, 5) is 8.07. The zero-order valence-electron chi connectivity index (χ0n) is 11.6. The summed E-state index contributed by atoms with van der Waals surface area (Å²) in [5.41, 5.74) is 0.989. The van der Waals surface area contributed by atoms with Crippen LogP contribution in [0.15, 0.2) is 6.07 Å².